The molecule has 2 aliphatic carbocycles. The smallest absolute Gasteiger partial charge is 0.307 e. The van der Waals surface area contributed by atoms with Gasteiger partial charge in [-0.2, -0.15) is 0 Å². The molecule has 2 amide bonds. The van der Waals surface area contributed by atoms with Crippen LogP contribution in [0.15, 0.2) is 0 Å². The summed E-state index contributed by atoms with van der Waals surface area (Å²) in [6, 6.07) is 0.271. The Kier molecular flexibility index (Phi) is 4.62. The highest BCUT2D eigenvalue weighted by molar-refractivity contribution is 5.88. The van der Waals surface area contributed by atoms with Gasteiger partial charge in [0.05, 0.1) is 18.4 Å². The molecule has 2 rings (SSSR count). The summed E-state index contributed by atoms with van der Waals surface area (Å²) in [6.07, 6.45) is 4.90. The topological polar surface area (TPSA) is 86.7 Å². The van der Waals surface area contributed by atoms with E-state index in [1.165, 1.54) is 4.90 Å². The van der Waals surface area contributed by atoms with Crippen LogP contribution >= 0.6 is 0 Å². The fraction of sp³-hybridized carbons (Fsp3) is 0.786. The zero-order valence-electron chi connectivity index (χ0n) is 11.8. The Morgan fingerprint density at radius 3 is 2.25 bits per heavy atom. The molecule has 2 N–H and O–H groups in total. The average Bonchev–Trinajstić information content (AvgIpc) is 3.21. The normalized spacial score (nSPS) is 25.9. The minimum atomic E-state index is -0.904. The molecule has 0 spiro atoms. The zero-order valence-corrected chi connectivity index (χ0v) is 11.8. The quantitative estimate of drug-likeness (QED) is 0.773. The van der Waals surface area contributed by atoms with Crippen molar-refractivity contribution in [3.63, 3.8) is 0 Å². The first kappa shape index (κ1) is 14.8. The molecule has 0 heterocycles. The predicted octanol–water partition coefficient (Wildman–Crippen LogP) is 0.614. The van der Waals surface area contributed by atoms with Crippen LogP contribution in [0.25, 0.3) is 0 Å². The summed E-state index contributed by atoms with van der Waals surface area (Å²) in [5.41, 5.74) is 0. The third-order valence-corrected chi connectivity index (χ3v) is 4.10. The summed E-state index contributed by atoms with van der Waals surface area (Å²) >= 11 is 0. The number of hydrogen-bond donors (Lipinski definition) is 2. The van der Waals surface area contributed by atoms with Crippen molar-refractivity contribution in [3.05, 3.63) is 0 Å². The van der Waals surface area contributed by atoms with Gasteiger partial charge in [-0.15, -0.1) is 0 Å². The number of carboxylic acid groups (broad SMARTS) is 1. The fourth-order valence-electron chi connectivity index (χ4n) is 2.80. The van der Waals surface area contributed by atoms with Crippen LogP contribution in [-0.4, -0.2) is 47.4 Å². The van der Waals surface area contributed by atoms with Gasteiger partial charge in [-0.3, -0.25) is 14.4 Å². The second kappa shape index (κ2) is 6.24. The molecule has 0 bridgehead atoms. The van der Waals surface area contributed by atoms with Crippen LogP contribution in [0.5, 0.6) is 0 Å². The van der Waals surface area contributed by atoms with Gasteiger partial charge < -0.3 is 15.3 Å². The molecule has 0 aromatic rings. The Balaban J connectivity index is 1.89. The van der Waals surface area contributed by atoms with Gasteiger partial charge in [0.15, 0.2) is 0 Å². The number of carboxylic acids is 1. The van der Waals surface area contributed by atoms with E-state index in [1.807, 2.05) is 0 Å². The maximum atomic E-state index is 12.3. The lowest BCUT2D eigenvalue weighted by atomic mass is 9.78. The number of hydrogen-bond acceptors (Lipinski definition) is 3. The van der Waals surface area contributed by atoms with Crippen LogP contribution in [0.1, 0.15) is 38.5 Å². The molecule has 20 heavy (non-hydrogen) atoms. The highest BCUT2D eigenvalue weighted by atomic mass is 16.4. The zero-order chi connectivity index (χ0) is 14.7. The molecule has 2 fully saturated rings. The van der Waals surface area contributed by atoms with Crippen LogP contribution in [0.2, 0.25) is 0 Å². The van der Waals surface area contributed by atoms with Gasteiger partial charge in [0, 0.05) is 13.1 Å². The largest absolute Gasteiger partial charge is 0.481 e. The molecule has 2 unspecified atom stereocenters. The number of carbonyl (C=O) groups is 3. The standard InChI is InChI=1S/C14H22N2O4/c1-16(8-12(17)15-9-6-7-9)13(18)10-4-2-3-5-11(10)14(19)20/h9-11H,2-8H2,1H3,(H,15,17)(H,19,20). The fourth-order valence-corrected chi connectivity index (χ4v) is 2.80. The number of carbonyl (C=O) groups excluding carboxylic acids is 2. The average molecular weight is 282 g/mol. The molecular weight excluding hydrogens is 260 g/mol. The van der Waals surface area contributed by atoms with Crippen LogP contribution < -0.4 is 5.32 Å². The number of rotatable bonds is 5. The molecule has 112 valence electrons. The maximum Gasteiger partial charge on any atom is 0.307 e. The van der Waals surface area contributed by atoms with E-state index >= 15 is 0 Å². The monoisotopic (exact) mass is 282 g/mol. The van der Waals surface area contributed by atoms with E-state index in [4.69, 9.17) is 0 Å². The molecule has 6 heteroatoms. The minimum Gasteiger partial charge on any atom is -0.481 e. The molecule has 2 aliphatic rings. The number of nitrogens with zero attached hydrogens (tertiary/aromatic N) is 1. The molecular formula is C14H22N2O4. The Hall–Kier alpha value is -1.59. The van der Waals surface area contributed by atoms with Crippen molar-refractivity contribution in [1.82, 2.24) is 10.2 Å². The van der Waals surface area contributed by atoms with E-state index in [1.54, 1.807) is 7.05 Å². The molecule has 0 aliphatic heterocycles. The maximum absolute atomic E-state index is 12.3. The Labute approximate surface area is 118 Å². The highest BCUT2D eigenvalue weighted by Crippen LogP contribution is 2.31. The van der Waals surface area contributed by atoms with Crippen molar-refractivity contribution in [3.8, 4) is 0 Å². The van der Waals surface area contributed by atoms with Crippen molar-refractivity contribution in [2.75, 3.05) is 13.6 Å². The second-order valence-corrected chi connectivity index (χ2v) is 5.87. The third kappa shape index (κ3) is 3.71. The van der Waals surface area contributed by atoms with Gasteiger partial charge in [-0.25, -0.2) is 0 Å². The second-order valence-electron chi connectivity index (χ2n) is 5.87. The lowest BCUT2D eigenvalue weighted by Crippen LogP contribution is -2.45. The molecule has 2 atom stereocenters. The third-order valence-electron chi connectivity index (χ3n) is 4.10. The Bertz CT molecular complexity index is 406. The van der Waals surface area contributed by atoms with Crippen LogP contribution in [0, 0.1) is 11.8 Å². The summed E-state index contributed by atoms with van der Waals surface area (Å²) in [5, 5.41) is 12.0. The molecule has 6 nitrogen and oxygen atoms in total. The summed E-state index contributed by atoms with van der Waals surface area (Å²) in [7, 11) is 1.57. The highest BCUT2D eigenvalue weighted by Gasteiger charge is 2.37. The van der Waals surface area contributed by atoms with E-state index in [9.17, 15) is 19.5 Å². The Morgan fingerprint density at radius 2 is 1.70 bits per heavy atom. The lowest BCUT2D eigenvalue weighted by Gasteiger charge is -2.30. The van der Waals surface area contributed by atoms with Crippen molar-refractivity contribution in [2.45, 2.75) is 44.6 Å². The summed E-state index contributed by atoms with van der Waals surface area (Å²) in [6.45, 7) is 0.0121. The lowest BCUT2D eigenvalue weighted by molar-refractivity contribution is -0.152. The number of aliphatic carboxylic acids is 1. The van der Waals surface area contributed by atoms with Crippen LogP contribution in [0.4, 0.5) is 0 Å². The van der Waals surface area contributed by atoms with E-state index in [-0.39, 0.29) is 24.4 Å². The summed E-state index contributed by atoms with van der Waals surface area (Å²) < 4.78 is 0. The van der Waals surface area contributed by atoms with Gasteiger partial charge in [0.25, 0.3) is 0 Å². The van der Waals surface area contributed by atoms with Gasteiger partial charge in [0.1, 0.15) is 0 Å². The van der Waals surface area contributed by atoms with Gasteiger partial charge in [0.2, 0.25) is 11.8 Å². The van der Waals surface area contributed by atoms with Gasteiger partial charge in [-0.05, 0) is 25.7 Å². The van der Waals surface area contributed by atoms with Crippen molar-refractivity contribution in [1.29, 1.82) is 0 Å². The molecule has 0 aromatic carbocycles. The first-order chi connectivity index (χ1) is 9.49. The van der Waals surface area contributed by atoms with E-state index in [0.717, 1.165) is 25.7 Å². The number of nitrogens with one attached hydrogen (secondary N) is 1. The van der Waals surface area contributed by atoms with Crippen molar-refractivity contribution < 1.29 is 19.5 Å². The van der Waals surface area contributed by atoms with Crippen LogP contribution in [0.3, 0.4) is 0 Å². The number of likely N-dealkylation sites (N-methyl/N-ethyl adjacent to an activating group) is 1. The number of amides is 2. The van der Waals surface area contributed by atoms with E-state index < -0.39 is 17.8 Å². The van der Waals surface area contributed by atoms with Crippen molar-refractivity contribution >= 4 is 17.8 Å². The van der Waals surface area contributed by atoms with Gasteiger partial charge in [-0.1, -0.05) is 12.8 Å². The molecule has 0 radical (unpaired) electrons. The Morgan fingerprint density at radius 1 is 1.10 bits per heavy atom. The molecule has 0 saturated heterocycles. The summed E-state index contributed by atoms with van der Waals surface area (Å²) in [4.78, 5) is 36.6. The molecule has 0 aromatic heterocycles. The van der Waals surface area contributed by atoms with Crippen LogP contribution in [-0.2, 0) is 14.4 Å². The van der Waals surface area contributed by atoms with Crippen molar-refractivity contribution in [2.24, 2.45) is 11.8 Å². The molecule has 2 saturated carbocycles. The van der Waals surface area contributed by atoms with Gasteiger partial charge >= 0.3 is 5.97 Å². The van der Waals surface area contributed by atoms with E-state index in [0.29, 0.717) is 12.8 Å². The summed E-state index contributed by atoms with van der Waals surface area (Å²) in [5.74, 6) is -2.38. The SMILES string of the molecule is CN(CC(=O)NC1CC1)C(=O)C1CCCCC1C(=O)O. The first-order valence-electron chi connectivity index (χ1n) is 7.26. The van der Waals surface area contributed by atoms with E-state index in [2.05, 4.69) is 5.32 Å². The first-order valence-corrected chi connectivity index (χ1v) is 7.26. The predicted molar refractivity (Wildman–Crippen MR) is 71.9 cm³/mol. The minimum absolute atomic E-state index is 0.0121.